The van der Waals surface area contributed by atoms with Gasteiger partial charge in [-0.3, -0.25) is 0 Å². The van der Waals surface area contributed by atoms with E-state index >= 15 is 0 Å². The van der Waals surface area contributed by atoms with E-state index in [2.05, 4.69) is 19.6 Å². The number of fused-ring (bicyclic) bond motifs is 1. The van der Waals surface area contributed by atoms with Crippen LogP contribution in [-0.4, -0.2) is 28.5 Å². The third-order valence-electron chi connectivity index (χ3n) is 5.63. The van der Waals surface area contributed by atoms with Crippen molar-refractivity contribution in [2.75, 3.05) is 13.2 Å². The van der Waals surface area contributed by atoms with Crippen LogP contribution in [0.15, 0.2) is 29.9 Å². The molecule has 0 saturated carbocycles. The van der Waals surface area contributed by atoms with Gasteiger partial charge in [-0.15, -0.1) is 0 Å². The number of aliphatic hydroxyl groups excluding tert-OH is 1. The standard InChI is InChI=1S/C21H28O4/c1-12(2)15-5-4-13(3)10-16(15)20-18(24)11-17(23)19-14(6-8-22)7-9-25-21(19)20/h10-11,14-16,22-24H,1,4-9H2,2-3H3/t14-,15+,16-/m1/s1. The molecule has 136 valence electrons. The molecule has 4 nitrogen and oxygen atoms in total. The van der Waals surface area contributed by atoms with Gasteiger partial charge in [0.2, 0.25) is 0 Å². The van der Waals surface area contributed by atoms with E-state index in [4.69, 9.17) is 4.74 Å². The molecule has 0 radical (unpaired) electrons. The molecular weight excluding hydrogens is 316 g/mol. The van der Waals surface area contributed by atoms with Crippen LogP contribution < -0.4 is 4.74 Å². The number of allylic oxidation sites excluding steroid dienone is 3. The van der Waals surface area contributed by atoms with Crippen molar-refractivity contribution in [2.45, 2.75) is 51.4 Å². The third kappa shape index (κ3) is 3.28. The number of aliphatic hydroxyl groups is 1. The van der Waals surface area contributed by atoms with Crippen molar-refractivity contribution in [3.8, 4) is 17.2 Å². The van der Waals surface area contributed by atoms with Gasteiger partial charge in [-0.25, -0.2) is 0 Å². The van der Waals surface area contributed by atoms with Crippen molar-refractivity contribution < 1.29 is 20.1 Å². The molecule has 1 aromatic carbocycles. The van der Waals surface area contributed by atoms with Gasteiger partial charge in [-0.1, -0.05) is 23.8 Å². The number of rotatable bonds is 4. The van der Waals surface area contributed by atoms with Crippen LogP contribution in [0.1, 0.15) is 62.5 Å². The quantitative estimate of drug-likeness (QED) is 0.710. The normalized spacial score (nSPS) is 25.7. The second-order valence-corrected chi connectivity index (χ2v) is 7.45. The summed E-state index contributed by atoms with van der Waals surface area (Å²) in [4.78, 5) is 0. The fourth-order valence-corrected chi connectivity index (χ4v) is 4.33. The summed E-state index contributed by atoms with van der Waals surface area (Å²) in [5.41, 5.74) is 3.87. The number of phenolic OH excluding ortho intramolecular Hbond substituents is 2. The molecular formula is C21H28O4. The van der Waals surface area contributed by atoms with Crippen LogP contribution in [0.25, 0.3) is 0 Å². The zero-order valence-corrected chi connectivity index (χ0v) is 15.1. The van der Waals surface area contributed by atoms with Crippen molar-refractivity contribution >= 4 is 0 Å². The average Bonchev–Trinajstić information content (AvgIpc) is 2.54. The topological polar surface area (TPSA) is 69.9 Å². The zero-order chi connectivity index (χ0) is 18.1. The average molecular weight is 344 g/mol. The Balaban J connectivity index is 2.17. The summed E-state index contributed by atoms with van der Waals surface area (Å²) < 4.78 is 5.95. The first-order valence-corrected chi connectivity index (χ1v) is 9.09. The van der Waals surface area contributed by atoms with E-state index in [0.717, 1.165) is 36.0 Å². The molecule has 3 atom stereocenters. The molecule has 1 aromatic rings. The second kappa shape index (κ2) is 7.12. The van der Waals surface area contributed by atoms with Gasteiger partial charge in [0.05, 0.1) is 6.61 Å². The molecule has 1 heterocycles. The number of benzene rings is 1. The fraction of sp³-hybridized carbons (Fsp3) is 0.524. The smallest absolute Gasteiger partial charge is 0.133 e. The Morgan fingerprint density at radius 2 is 1.96 bits per heavy atom. The van der Waals surface area contributed by atoms with E-state index in [1.54, 1.807) is 0 Å². The molecule has 0 fully saturated rings. The first-order valence-electron chi connectivity index (χ1n) is 9.09. The maximum absolute atomic E-state index is 10.7. The minimum Gasteiger partial charge on any atom is -0.507 e. The van der Waals surface area contributed by atoms with E-state index in [1.165, 1.54) is 11.6 Å². The predicted octanol–water partition coefficient (Wildman–Crippen LogP) is 4.36. The Kier molecular flexibility index (Phi) is 5.09. The summed E-state index contributed by atoms with van der Waals surface area (Å²) in [5, 5.41) is 30.4. The molecule has 0 spiro atoms. The molecule has 3 N–H and O–H groups in total. The molecule has 3 rings (SSSR count). The lowest BCUT2D eigenvalue weighted by molar-refractivity contribution is 0.222. The van der Waals surface area contributed by atoms with Gasteiger partial charge in [-0.05, 0) is 51.4 Å². The van der Waals surface area contributed by atoms with E-state index in [0.29, 0.717) is 18.8 Å². The highest BCUT2D eigenvalue weighted by atomic mass is 16.5. The molecule has 4 heteroatoms. The van der Waals surface area contributed by atoms with Crippen LogP contribution >= 0.6 is 0 Å². The molecule has 0 saturated heterocycles. The Hall–Kier alpha value is -1.94. The molecule has 1 aliphatic carbocycles. The van der Waals surface area contributed by atoms with Gasteiger partial charge < -0.3 is 20.1 Å². The Bertz CT molecular complexity index is 704. The van der Waals surface area contributed by atoms with E-state index in [1.807, 2.05) is 6.92 Å². The number of phenols is 2. The molecule has 0 unspecified atom stereocenters. The van der Waals surface area contributed by atoms with E-state index < -0.39 is 0 Å². The molecule has 0 amide bonds. The van der Waals surface area contributed by atoms with Crippen molar-refractivity contribution in [1.29, 1.82) is 0 Å². The van der Waals surface area contributed by atoms with Gasteiger partial charge >= 0.3 is 0 Å². The van der Waals surface area contributed by atoms with Crippen LogP contribution in [0.4, 0.5) is 0 Å². The number of aromatic hydroxyl groups is 2. The Morgan fingerprint density at radius 1 is 1.24 bits per heavy atom. The highest BCUT2D eigenvalue weighted by molar-refractivity contribution is 5.61. The highest BCUT2D eigenvalue weighted by Crippen LogP contribution is 2.53. The first-order chi connectivity index (χ1) is 11.9. The van der Waals surface area contributed by atoms with Gasteiger partial charge in [-0.2, -0.15) is 0 Å². The van der Waals surface area contributed by atoms with Crippen LogP contribution in [0.5, 0.6) is 17.2 Å². The Morgan fingerprint density at radius 3 is 2.64 bits per heavy atom. The van der Waals surface area contributed by atoms with Gasteiger partial charge in [0, 0.05) is 29.7 Å². The Labute approximate surface area is 149 Å². The van der Waals surface area contributed by atoms with E-state index in [-0.39, 0.29) is 35.9 Å². The summed E-state index contributed by atoms with van der Waals surface area (Å²) >= 11 is 0. The third-order valence-corrected chi connectivity index (χ3v) is 5.63. The first kappa shape index (κ1) is 17.9. The number of hydrogen-bond acceptors (Lipinski definition) is 4. The molecule has 2 aliphatic rings. The molecule has 1 aliphatic heterocycles. The fourth-order valence-electron chi connectivity index (χ4n) is 4.33. The summed E-state index contributed by atoms with van der Waals surface area (Å²) in [7, 11) is 0. The molecule has 0 bridgehead atoms. The van der Waals surface area contributed by atoms with Crippen molar-refractivity contribution in [3.05, 3.63) is 41.0 Å². The predicted molar refractivity (Wildman–Crippen MR) is 98.4 cm³/mol. The van der Waals surface area contributed by atoms with Gasteiger partial charge in [0.25, 0.3) is 0 Å². The highest BCUT2D eigenvalue weighted by Gasteiger charge is 2.35. The van der Waals surface area contributed by atoms with Crippen molar-refractivity contribution in [3.63, 3.8) is 0 Å². The lowest BCUT2D eigenvalue weighted by atomic mass is 9.72. The zero-order valence-electron chi connectivity index (χ0n) is 15.1. The maximum Gasteiger partial charge on any atom is 0.133 e. The summed E-state index contributed by atoms with van der Waals surface area (Å²) in [6, 6.07) is 1.43. The molecule has 0 aromatic heterocycles. The van der Waals surface area contributed by atoms with Gasteiger partial charge in [0.15, 0.2) is 0 Å². The number of ether oxygens (including phenoxy) is 1. The van der Waals surface area contributed by atoms with Crippen LogP contribution in [0, 0.1) is 5.92 Å². The van der Waals surface area contributed by atoms with Crippen LogP contribution in [-0.2, 0) is 0 Å². The number of hydrogen-bond donors (Lipinski definition) is 3. The SMILES string of the molecule is C=C(C)[C@@H]1CCC(C)=C[C@H]1c1c(O)cc(O)c2c1OCC[C@H]2CCO. The summed E-state index contributed by atoms with van der Waals surface area (Å²) in [6.45, 7) is 8.89. The van der Waals surface area contributed by atoms with Crippen LogP contribution in [0.3, 0.4) is 0 Å². The van der Waals surface area contributed by atoms with E-state index in [9.17, 15) is 15.3 Å². The van der Waals surface area contributed by atoms with Crippen molar-refractivity contribution in [2.24, 2.45) is 5.92 Å². The lowest BCUT2D eigenvalue weighted by Gasteiger charge is -2.35. The van der Waals surface area contributed by atoms with Crippen molar-refractivity contribution in [1.82, 2.24) is 0 Å². The minimum atomic E-state index is -0.00604. The second-order valence-electron chi connectivity index (χ2n) is 7.45. The summed E-state index contributed by atoms with van der Waals surface area (Å²) in [5.74, 6) is 1.01. The van der Waals surface area contributed by atoms with Crippen LogP contribution in [0.2, 0.25) is 0 Å². The molecule has 25 heavy (non-hydrogen) atoms. The lowest BCUT2D eigenvalue weighted by Crippen LogP contribution is -2.21. The summed E-state index contributed by atoms with van der Waals surface area (Å²) in [6.07, 6.45) is 5.57. The minimum absolute atomic E-state index is 0.00604. The van der Waals surface area contributed by atoms with Gasteiger partial charge in [0.1, 0.15) is 17.2 Å². The monoisotopic (exact) mass is 344 g/mol. The largest absolute Gasteiger partial charge is 0.507 e. The maximum atomic E-state index is 10.7.